The third kappa shape index (κ3) is 4.75. The molecule has 0 spiro atoms. The second kappa shape index (κ2) is 9.56. The van der Waals surface area contributed by atoms with E-state index < -0.39 is 4.92 Å². The first-order chi connectivity index (χ1) is 15.6. The van der Waals surface area contributed by atoms with Gasteiger partial charge in [0.15, 0.2) is 5.13 Å². The van der Waals surface area contributed by atoms with Gasteiger partial charge in [-0.25, -0.2) is 15.0 Å². The molecular formula is C22H22N6O3S. The number of hydrogen-bond donors (Lipinski definition) is 2. The Kier molecular flexibility index (Phi) is 6.41. The number of anilines is 4. The molecule has 0 saturated heterocycles. The zero-order valence-corrected chi connectivity index (χ0v) is 18.5. The van der Waals surface area contributed by atoms with Gasteiger partial charge in [-0.05, 0) is 48.7 Å². The Hall–Kier alpha value is -3.79. The fraction of sp³-hybridized carbons (Fsp3) is 0.227. The summed E-state index contributed by atoms with van der Waals surface area (Å²) in [7, 11) is 1.60. The molecule has 0 fully saturated rings. The van der Waals surface area contributed by atoms with Crippen LogP contribution in [-0.4, -0.2) is 27.0 Å². The average Bonchev–Trinajstić information content (AvgIpc) is 3.20. The molecule has 2 aromatic carbocycles. The predicted octanol–water partition coefficient (Wildman–Crippen LogP) is 5.83. The summed E-state index contributed by atoms with van der Waals surface area (Å²) in [4.78, 5) is 24.0. The first-order valence-corrected chi connectivity index (χ1v) is 11.0. The van der Waals surface area contributed by atoms with E-state index in [1.807, 2.05) is 42.5 Å². The largest absolute Gasteiger partial charge is 0.497 e. The molecule has 164 valence electrons. The summed E-state index contributed by atoms with van der Waals surface area (Å²) in [6.07, 6.45) is 4.54. The van der Waals surface area contributed by atoms with Crippen LogP contribution in [0.5, 0.6) is 5.75 Å². The average molecular weight is 451 g/mol. The number of aryl methyl sites for hydroxylation is 1. The Balaban J connectivity index is 1.60. The number of nitrogens with zero attached hydrogens (tertiary/aromatic N) is 4. The second-order valence-electron chi connectivity index (χ2n) is 7.08. The topological polar surface area (TPSA) is 115 Å². The smallest absolute Gasteiger partial charge is 0.353 e. The van der Waals surface area contributed by atoms with Crippen LogP contribution in [0.4, 0.5) is 28.1 Å². The highest BCUT2D eigenvalue weighted by Crippen LogP contribution is 2.36. The number of thiazole rings is 1. The van der Waals surface area contributed by atoms with Crippen molar-refractivity contribution in [3.8, 4) is 5.75 Å². The summed E-state index contributed by atoms with van der Waals surface area (Å²) < 4.78 is 6.13. The zero-order valence-electron chi connectivity index (χ0n) is 17.7. The number of hydrogen-bond acceptors (Lipinski definition) is 9. The zero-order chi connectivity index (χ0) is 22.5. The molecule has 0 atom stereocenters. The highest BCUT2D eigenvalue weighted by molar-refractivity contribution is 7.22. The summed E-state index contributed by atoms with van der Waals surface area (Å²) in [6.45, 7) is 2.15. The van der Waals surface area contributed by atoms with Gasteiger partial charge in [-0.3, -0.25) is 10.1 Å². The van der Waals surface area contributed by atoms with Crippen molar-refractivity contribution < 1.29 is 9.66 Å². The van der Waals surface area contributed by atoms with Crippen molar-refractivity contribution in [1.82, 2.24) is 15.0 Å². The molecule has 2 N–H and O–H groups in total. The van der Waals surface area contributed by atoms with Gasteiger partial charge in [0.25, 0.3) is 0 Å². The number of nitrogens with one attached hydrogen (secondary N) is 2. The highest BCUT2D eigenvalue weighted by atomic mass is 32.1. The van der Waals surface area contributed by atoms with E-state index >= 15 is 0 Å². The molecule has 0 amide bonds. The van der Waals surface area contributed by atoms with E-state index in [9.17, 15) is 10.1 Å². The van der Waals surface area contributed by atoms with Crippen LogP contribution in [0.25, 0.3) is 10.2 Å². The number of aromatic nitrogens is 3. The lowest BCUT2D eigenvalue weighted by Crippen LogP contribution is -2.05. The Bertz CT molecular complexity index is 1240. The van der Waals surface area contributed by atoms with Crippen LogP contribution in [0.2, 0.25) is 0 Å². The fourth-order valence-electron chi connectivity index (χ4n) is 3.19. The minimum atomic E-state index is -0.503. The molecule has 0 bridgehead atoms. The molecule has 2 aromatic heterocycles. The summed E-state index contributed by atoms with van der Waals surface area (Å²) in [6, 6.07) is 13.3. The first-order valence-electron chi connectivity index (χ1n) is 10.1. The van der Waals surface area contributed by atoms with Gasteiger partial charge >= 0.3 is 5.69 Å². The molecule has 0 radical (unpaired) electrons. The van der Waals surface area contributed by atoms with E-state index in [2.05, 4.69) is 32.5 Å². The standard InChI is InChI=1S/C22H22N6O3S/c1-3-4-5-14-6-8-15(9-7-14)25-20-19(28(29)30)21(24-13-23-20)27-22-26-17-11-10-16(31-2)12-18(17)32-22/h6-13H,3-5H2,1-2H3,(H2,23,24,25,26,27). The SMILES string of the molecule is CCCCc1ccc(Nc2ncnc(Nc3nc4ccc(OC)cc4s3)c2[N+](=O)[O-])cc1. The van der Waals surface area contributed by atoms with Gasteiger partial charge in [-0.15, -0.1) is 0 Å². The molecule has 32 heavy (non-hydrogen) atoms. The van der Waals surface area contributed by atoms with Crippen molar-refractivity contribution in [3.63, 3.8) is 0 Å². The van der Waals surface area contributed by atoms with E-state index in [-0.39, 0.29) is 17.3 Å². The Morgan fingerprint density at radius 3 is 2.53 bits per heavy atom. The van der Waals surface area contributed by atoms with Crippen LogP contribution >= 0.6 is 11.3 Å². The Morgan fingerprint density at radius 2 is 1.84 bits per heavy atom. The minimum absolute atomic E-state index is 0.0677. The van der Waals surface area contributed by atoms with Gasteiger partial charge in [-0.1, -0.05) is 36.8 Å². The van der Waals surface area contributed by atoms with E-state index in [1.54, 1.807) is 7.11 Å². The predicted molar refractivity (Wildman–Crippen MR) is 126 cm³/mol. The summed E-state index contributed by atoms with van der Waals surface area (Å²) in [5.74, 6) is 0.891. The molecule has 0 saturated carbocycles. The van der Waals surface area contributed by atoms with Crippen LogP contribution in [0.3, 0.4) is 0 Å². The molecule has 2 heterocycles. The summed E-state index contributed by atoms with van der Waals surface area (Å²) >= 11 is 1.35. The third-order valence-electron chi connectivity index (χ3n) is 4.86. The number of benzene rings is 2. The first kappa shape index (κ1) is 21.4. The molecule has 0 aliphatic carbocycles. The number of unbranched alkanes of at least 4 members (excludes halogenated alkanes) is 1. The second-order valence-corrected chi connectivity index (χ2v) is 8.11. The van der Waals surface area contributed by atoms with Crippen LogP contribution in [-0.2, 0) is 6.42 Å². The van der Waals surface area contributed by atoms with Crippen molar-refractivity contribution in [2.45, 2.75) is 26.2 Å². The molecule has 10 heteroatoms. The number of ether oxygens (including phenoxy) is 1. The molecule has 0 aliphatic heterocycles. The van der Waals surface area contributed by atoms with E-state index in [0.717, 1.165) is 29.5 Å². The summed E-state index contributed by atoms with van der Waals surface area (Å²) in [5.41, 5.74) is 2.45. The van der Waals surface area contributed by atoms with Crippen molar-refractivity contribution in [2.24, 2.45) is 0 Å². The van der Waals surface area contributed by atoms with Crippen LogP contribution in [0.15, 0.2) is 48.8 Å². The molecule has 0 unspecified atom stereocenters. The normalized spacial score (nSPS) is 10.8. The van der Waals surface area contributed by atoms with Gasteiger partial charge in [0.1, 0.15) is 12.1 Å². The molecule has 0 aliphatic rings. The van der Waals surface area contributed by atoms with Crippen LogP contribution in [0.1, 0.15) is 25.3 Å². The van der Waals surface area contributed by atoms with Gasteiger partial charge < -0.3 is 15.4 Å². The number of nitro groups is 1. The minimum Gasteiger partial charge on any atom is -0.497 e. The number of rotatable bonds is 9. The maximum Gasteiger partial charge on any atom is 0.353 e. The number of fused-ring (bicyclic) bond motifs is 1. The maximum atomic E-state index is 11.9. The van der Waals surface area contributed by atoms with Crippen molar-refractivity contribution >= 4 is 49.7 Å². The Labute approximate surface area is 188 Å². The van der Waals surface area contributed by atoms with E-state index in [1.165, 1.54) is 23.2 Å². The molecule has 4 aromatic rings. The lowest BCUT2D eigenvalue weighted by molar-refractivity contribution is -0.383. The van der Waals surface area contributed by atoms with Gasteiger partial charge in [-0.2, -0.15) is 0 Å². The van der Waals surface area contributed by atoms with Crippen LogP contribution in [0, 0.1) is 10.1 Å². The lowest BCUT2D eigenvalue weighted by Gasteiger charge is -2.09. The quantitative estimate of drug-likeness (QED) is 0.242. The van der Waals surface area contributed by atoms with Gasteiger partial charge in [0.05, 0.1) is 22.2 Å². The van der Waals surface area contributed by atoms with E-state index in [0.29, 0.717) is 16.6 Å². The third-order valence-corrected chi connectivity index (χ3v) is 5.80. The monoisotopic (exact) mass is 450 g/mol. The van der Waals surface area contributed by atoms with Gasteiger partial charge in [0, 0.05) is 5.69 Å². The molecule has 4 rings (SSSR count). The van der Waals surface area contributed by atoms with Crippen molar-refractivity contribution in [1.29, 1.82) is 0 Å². The Morgan fingerprint density at radius 1 is 1.09 bits per heavy atom. The van der Waals surface area contributed by atoms with E-state index in [4.69, 9.17) is 4.74 Å². The summed E-state index contributed by atoms with van der Waals surface area (Å²) in [5, 5.41) is 18.4. The van der Waals surface area contributed by atoms with Crippen molar-refractivity contribution in [3.05, 3.63) is 64.5 Å². The molecular weight excluding hydrogens is 428 g/mol. The lowest BCUT2D eigenvalue weighted by atomic mass is 10.1. The van der Waals surface area contributed by atoms with Crippen LogP contribution < -0.4 is 15.4 Å². The van der Waals surface area contributed by atoms with Gasteiger partial charge in [0.2, 0.25) is 11.6 Å². The maximum absolute atomic E-state index is 11.9. The molecule has 9 nitrogen and oxygen atoms in total. The fourth-order valence-corrected chi connectivity index (χ4v) is 4.09. The number of methoxy groups -OCH3 is 1. The highest BCUT2D eigenvalue weighted by Gasteiger charge is 2.24. The van der Waals surface area contributed by atoms with Crippen molar-refractivity contribution in [2.75, 3.05) is 17.7 Å².